The molecule has 92 valence electrons. The quantitative estimate of drug-likeness (QED) is 0.436. The molecule has 0 bridgehead atoms. The molecule has 0 saturated carbocycles. The van der Waals surface area contributed by atoms with Crippen LogP contribution in [0.2, 0.25) is 0 Å². The van der Waals surface area contributed by atoms with Gasteiger partial charge in [-0.15, -0.1) is 0 Å². The molecule has 1 atom stereocenters. The van der Waals surface area contributed by atoms with Crippen LogP contribution in [0.15, 0.2) is 48.5 Å². The molecule has 0 aromatic heterocycles. The molecule has 2 aromatic carbocycles. The number of hydrogen-bond acceptors (Lipinski definition) is 4. The van der Waals surface area contributed by atoms with Gasteiger partial charge in [-0.1, -0.05) is 36.4 Å². The summed E-state index contributed by atoms with van der Waals surface area (Å²) in [5.74, 6) is -0.872. The van der Waals surface area contributed by atoms with Gasteiger partial charge in [0.15, 0.2) is 5.78 Å². The van der Waals surface area contributed by atoms with E-state index < -0.39 is 11.9 Å². The number of phenolic OH excluding ortho intramolecular Hbond substituents is 1. The summed E-state index contributed by atoms with van der Waals surface area (Å²) in [5.41, 5.74) is 6.12. The number of para-hydroxylation sites is 1. The number of rotatable bonds is 3. The van der Waals surface area contributed by atoms with E-state index in [-0.39, 0.29) is 17.0 Å². The van der Waals surface area contributed by atoms with Crippen LogP contribution in [0.25, 0.3) is 0 Å². The second-order valence-electron chi connectivity index (χ2n) is 3.92. The Morgan fingerprint density at radius 3 is 2.39 bits per heavy atom. The van der Waals surface area contributed by atoms with Crippen LogP contribution in [0.5, 0.6) is 5.75 Å². The fraction of sp³-hybridized carbons (Fsp3) is 0.0714. The molecular formula is C14H13NO3. The Morgan fingerprint density at radius 1 is 1.06 bits per heavy atom. The van der Waals surface area contributed by atoms with Gasteiger partial charge in [0, 0.05) is 0 Å². The first kappa shape index (κ1) is 12.1. The number of ketones is 1. The number of nitrogens with two attached hydrogens (primary N) is 1. The minimum Gasteiger partial charge on any atom is -0.505 e. The maximum absolute atomic E-state index is 12.1. The molecular weight excluding hydrogens is 230 g/mol. The number of carbonyl (C=O) groups is 1. The van der Waals surface area contributed by atoms with Crippen LogP contribution in [-0.2, 0) is 0 Å². The standard InChI is InChI=1S/C14H13NO3/c15-11-8-4-7-10(13(11)17)14(18)12(16)9-5-2-1-3-6-9/h1-8,12,16-17H,15H2. The smallest absolute Gasteiger partial charge is 0.199 e. The summed E-state index contributed by atoms with van der Waals surface area (Å²) >= 11 is 0. The lowest BCUT2D eigenvalue weighted by Gasteiger charge is -2.11. The third-order valence-corrected chi connectivity index (χ3v) is 2.70. The summed E-state index contributed by atoms with van der Waals surface area (Å²) in [7, 11) is 0. The van der Waals surface area contributed by atoms with Gasteiger partial charge >= 0.3 is 0 Å². The highest BCUT2D eigenvalue weighted by molar-refractivity contribution is 6.03. The fourth-order valence-corrected chi connectivity index (χ4v) is 1.69. The van der Waals surface area contributed by atoms with E-state index in [1.807, 2.05) is 0 Å². The Balaban J connectivity index is 2.35. The third-order valence-electron chi connectivity index (χ3n) is 2.70. The molecule has 4 N–H and O–H groups in total. The zero-order valence-corrected chi connectivity index (χ0v) is 9.58. The summed E-state index contributed by atoms with van der Waals surface area (Å²) in [6.07, 6.45) is -1.31. The van der Waals surface area contributed by atoms with Gasteiger partial charge in [-0.2, -0.15) is 0 Å². The molecule has 0 aliphatic rings. The van der Waals surface area contributed by atoms with Gasteiger partial charge in [0.1, 0.15) is 11.9 Å². The number of aromatic hydroxyl groups is 1. The molecule has 2 aromatic rings. The number of aliphatic hydroxyl groups is 1. The van der Waals surface area contributed by atoms with Crippen molar-refractivity contribution in [1.29, 1.82) is 0 Å². The Hall–Kier alpha value is -2.33. The molecule has 0 aliphatic carbocycles. The second kappa shape index (κ2) is 4.89. The maximum atomic E-state index is 12.1. The summed E-state index contributed by atoms with van der Waals surface area (Å²) in [5, 5.41) is 19.7. The van der Waals surface area contributed by atoms with Crippen molar-refractivity contribution >= 4 is 11.5 Å². The average Bonchev–Trinajstić information content (AvgIpc) is 2.41. The summed E-state index contributed by atoms with van der Waals surface area (Å²) in [6, 6.07) is 13.0. The van der Waals surface area contributed by atoms with E-state index in [2.05, 4.69) is 0 Å². The van der Waals surface area contributed by atoms with Crippen molar-refractivity contribution in [2.24, 2.45) is 0 Å². The van der Waals surface area contributed by atoms with Crippen molar-refractivity contribution in [3.63, 3.8) is 0 Å². The number of carbonyl (C=O) groups excluding carboxylic acids is 1. The van der Waals surface area contributed by atoms with Crippen molar-refractivity contribution in [3.8, 4) is 5.75 Å². The van der Waals surface area contributed by atoms with Gasteiger partial charge in [-0.3, -0.25) is 4.79 Å². The van der Waals surface area contributed by atoms with Crippen molar-refractivity contribution in [2.75, 3.05) is 5.73 Å². The molecule has 0 fully saturated rings. The van der Waals surface area contributed by atoms with Crippen LogP contribution in [0.3, 0.4) is 0 Å². The van der Waals surface area contributed by atoms with Gasteiger partial charge in [0.05, 0.1) is 11.3 Å². The summed E-state index contributed by atoms with van der Waals surface area (Å²) < 4.78 is 0. The van der Waals surface area contributed by atoms with E-state index in [4.69, 9.17) is 5.73 Å². The van der Waals surface area contributed by atoms with Crippen LogP contribution in [0, 0.1) is 0 Å². The topological polar surface area (TPSA) is 83.6 Å². The first-order chi connectivity index (χ1) is 8.61. The van der Waals surface area contributed by atoms with E-state index in [1.54, 1.807) is 36.4 Å². The lowest BCUT2D eigenvalue weighted by atomic mass is 9.99. The number of anilines is 1. The largest absolute Gasteiger partial charge is 0.505 e. The van der Waals surface area contributed by atoms with Crippen LogP contribution in [0.1, 0.15) is 22.0 Å². The molecule has 0 aliphatic heterocycles. The highest BCUT2D eigenvalue weighted by atomic mass is 16.3. The molecule has 4 nitrogen and oxygen atoms in total. The normalized spacial score (nSPS) is 12.1. The van der Waals surface area contributed by atoms with E-state index in [9.17, 15) is 15.0 Å². The first-order valence-electron chi connectivity index (χ1n) is 5.46. The van der Waals surface area contributed by atoms with Crippen LogP contribution >= 0.6 is 0 Å². The second-order valence-corrected chi connectivity index (χ2v) is 3.92. The Morgan fingerprint density at radius 2 is 1.72 bits per heavy atom. The Bertz CT molecular complexity index is 567. The predicted octanol–water partition coefficient (Wildman–Crippen LogP) is 1.89. The highest BCUT2D eigenvalue weighted by Gasteiger charge is 2.22. The SMILES string of the molecule is Nc1cccc(C(=O)C(O)c2ccccc2)c1O. The summed E-state index contributed by atoms with van der Waals surface area (Å²) in [6.45, 7) is 0. The molecule has 4 heteroatoms. The number of benzene rings is 2. The molecule has 0 saturated heterocycles. The van der Waals surface area contributed by atoms with E-state index >= 15 is 0 Å². The predicted molar refractivity (Wildman–Crippen MR) is 68.3 cm³/mol. The Labute approximate surface area is 104 Å². The van der Waals surface area contributed by atoms with Gasteiger partial charge in [0.2, 0.25) is 0 Å². The van der Waals surface area contributed by atoms with Crippen molar-refractivity contribution in [1.82, 2.24) is 0 Å². The van der Waals surface area contributed by atoms with Gasteiger partial charge in [0.25, 0.3) is 0 Å². The zero-order chi connectivity index (χ0) is 13.1. The number of hydrogen-bond donors (Lipinski definition) is 3. The van der Waals surface area contributed by atoms with Gasteiger partial charge in [-0.25, -0.2) is 0 Å². The van der Waals surface area contributed by atoms with Crippen molar-refractivity contribution in [3.05, 3.63) is 59.7 Å². The van der Waals surface area contributed by atoms with Crippen LogP contribution in [0.4, 0.5) is 5.69 Å². The van der Waals surface area contributed by atoms with Gasteiger partial charge < -0.3 is 15.9 Å². The van der Waals surface area contributed by atoms with Gasteiger partial charge in [-0.05, 0) is 17.7 Å². The van der Waals surface area contributed by atoms with Crippen LogP contribution < -0.4 is 5.73 Å². The third kappa shape index (κ3) is 2.19. The minimum absolute atomic E-state index is 0.0198. The number of nitrogen functional groups attached to an aromatic ring is 1. The molecule has 0 heterocycles. The average molecular weight is 243 g/mol. The highest BCUT2D eigenvalue weighted by Crippen LogP contribution is 2.28. The van der Waals surface area contributed by atoms with E-state index in [0.717, 1.165) is 0 Å². The molecule has 0 spiro atoms. The number of phenols is 1. The molecule has 1 unspecified atom stereocenters. The number of aliphatic hydroxyl groups excluding tert-OH is 1. The molecule has 18 heavy (non-hydrogen) atoms. The maximum Gasteiger partial charge on any atom is 0.199 e. The molecule has 0 radical (unpaired) electrons. The number of Topliss-reactive ketones (excluding diaryl/α,β-unsaturated/α-hetero) is 1. The lowest BCUT2D eigenvalue weighted by molar-refractivity contribution is 0.0744. The van der Waals surface area contributed by atoms with E-state index in [0.29, 0.717) is 5.56 Å². The van der Waals surface area contributed by atoms with Crippen molar-refractivity contribution < 1.29 is 15.0 Å². The lowest BCUT2D eigenvalue weighted by Crippen LogP contribution is -2.12. The van der Waals surface area contributed by atoms with Crippen molar-refractivity contribution in [2.45, 2.75) is 6.10 Å². The first-order valence-corrected chi connectivity index (χ1v) is 5.46. The molecule has 2 rings (SSSR count). The fourth-order valence-electron chi connectivity index (χ4n) is 1.69. The van der Waals surface area contributed by atoms with E-state index in [1.165, 1.54) is 12.1 Å². The zero-order valence-electron chi connectivity index (χ0n) is 9.58. The minimum atomic E-state index is -1.31. The monoisotopic (exact) mass is 243 g/mol. The molecule has 0 amide bonds. The Kier molecular flexibility index (Phi) is 3.30. The summed E-state index contributed by atoms with van der Waals surface area (Å²) in [4.78, 5) is 12.1. The van der Waals surface area contributed by atoms with Crippen LogP contribution in [-0.4, -0.2) is 16.0 Å².